The number of phenolic OH excluding ortho intramolecular Hbond substituents is 1. The number of phenols is 1. The minimum absolute atomic E-state index is 0.197. The average molecular weight is 419 g/mol. The van der Waals surface area contributed by atoms with Gasteiger partial charge in [-0.25, -0.2) is 4.79 Å². The van der Waals surface area contributed by atoms with Gasteiger partial charge >= 0.3 is 5.97 Å². The quantitative estimate of drug-likeness (QED) is 0.443. The molecule has 0 bridgehead atoms. The Balaban J connectivity index is 1.42. The zero-order valence-corrected chi connectivity index (χ0v) is 18.6. The second-order valence-corrected chi connectivity index (χ2v) is 10.3. The van der Waals surface area contributed by atoms with Crippen molar-refractivity contribution in [2.24, 2.45) is 17.3 Å². The van der Waals surface area contributed by atoms with Crippen LogP contribution in [0, 0.1) is 36.0 Å². The summed E-state index contributed by atoms with van der Waals surface area (Å²) in [6, 6.07) is 5.88. The summed E-state index contributed by atoms with van der Waals surface area (Å²) in [7, 11) is 2.00. The maximum absolute atomic E-state index is 13.1. The van der Waals surface area contributed by atoms with Crippen molar-refractivity contribution in [2.75, 3.05) is 20.1 Å². The highest BCUT2D eigenvalue weighted by Gasteiger charge is 2.64. The third-order valence-electron chi connectivity index (χ3n) is 8.77. The molecule has 31 heavy (non-hydrogen) atoms. The van der Waals surface area contributed by atoms with Gasteiger partial charge in [0, 0.05) is 5.41 Å². The largest absolute Gasteiger partial charge is 0.508 e. The third kappa shape index (κ3) is 3.09. The van der Waals surface area contributed by atoms with Crippen LogP contribution in [0.2, 0.25) is 0 Å². The van der Waals surface area contributed by atoms with E-state index in [0.717, 1.165) is 45.1 Å². The number of aryl methyl sites for hydroxylation is 1. The number of ether oxygens (including phenoxy) is 1. The number of hydrogen-bond donors (Lipinski definition) is 1. The Hall–Kier alpha value is -2.38. The standard InChI is InChI=1S/C27H31NO3/c1-4-27(31-25(30)19-6-5-15-28(3)17-19)14-12-24-23-9-7-18-16-20(29)8-10-21(18)22(23)11-13-26(24,27)2/h1,5-6,8,10,16,22-24H,7,9,11-15,17H2,2-3H3/p+1/t22-,23-,24+,26+,27+/m1/s1. The fourth-order valence-corrected chi connectivity index (χ4v) is 7.14. The number of likely N-dealkylation sites (N-methyl/N-ethyl adjacent to an activating group) is 1. The van der Waals surface area contributed by atoms with Crippen molar-refractivity contribution >= 4 is 5.97 Å². The summed E-state index contributed by atoms with van der Waals surface area (Å²) in [5.74, 6) is 4.61. The van der Waals surface area contributed by atoms with Gasteiger partial charge in [0.25, 0.3) is 0 Å². The van der Waals surface area contributed by atoms with Crippen LogP contribution >= 0.6 is 0 Å². The van der Waals surface area contributed by atoms with Crippen LogP contribution in [0.4, 0.5) is 0 Å². The van der Waals surface area contributed by atoms with Crippen molar-refractivity contribution in [3.8, 4) is 18.1 Å². The predicted octanol–water partition coefficient (Wildman–Crippen LogP) is 4.24. The highest BCUT2D eigenvalue weighted by atomic mass is 16.6. The molecular formula is C27H32NO3+. The number of aromatic hydroxyl groups is 1. The number of benzene rings is 1. The molecule has 0 aromatic heterocycles. The molecule has 4 heteroatoms. The Morgan fingerprint density at radius 1 is 1.32 bits per heavy atom. The molecule has 1 aromatic rings. The normalized spacial score (nSPS) is 36.8. The Kier molecular flexibility index (Phi) is 4.86. The number of carbonyl (C=O) groups excluding carboxylic acids is 1. The van der Waals surface area contributed by atoms with E-state index in [9.17, 15) is 9.90 Å². The molecule has 1 N–H and O–H groups in total. The van der Waals surface area contributed by atoms with Crippen LogP contribution in [0.15, 0.2) is 29.8 Å². The van der Waals surface area contributed by atoms with Gasteiger partial charge in [-0.15, -0.1) is 6.42 Å². The molecule has 4 aliphatic rings. The summed E-state index contributed by atoms with van der Waals surface area (Å²) >= 11 is 0. The number of terminal acetylenes is 1. The summed E-state index contributed by atoms with van der Waals surface area (Å²) in [5, 5.41) is 9.90. The molecule has 5 rings (SSSR count). The van der Waals surface area contributed by atoms with Gasteiger partial charge in [-0.1, -0.05) is 18.9 Å². The van der Waals surface area contributed by atoms with Crippen LogP contribution in [-0.4, -0.2) is 41.7 Å². The molecule has 0 spiro atoms. The van der Waals surface area contributed by atoms with Crippen molar-refractivity contribution in [3.63, 3.8) is 0 Å². The first-order valence-corrected chi connectivity index (χ1v) is 11.6. The molecule has 0 unspecified atom stereocenters. The zero-order chi connectivity index (χ0) is 21.8. The van der Waals surface area contributed by atoms with Crippen molar-refractivity contribution in [2.45, 2.75) is 57.0 Å². The van der Waals surface area contributed by atoms with E-state index in [1.54, 1.807) is 0 Å². The molecule has 0 amide bonds. The second kappa shape index (κ2) is 7.35. The van der Waals surface area contributed by atoms with E-state index >= 15 is 0 Å². The summed E-state index contributed by atoms with van der Waals surface area (Å²) in [4.78, 5) is 15.2. The highest BCUT2D eigenvalue weighted by molar-refractivity contribution is 5.90. The van der Waals surface area contributed by atoms with Crippen LogP contribution in [0.1, 0.15) is 56.1 Å². The van der Waals surface area contributed by atoms with E-state index in [1.165, 1.54) is 11.1 Å². The van der Waals surface area contributed by atoms with Crippen LogP contribution in [0.3, 0.4) is 0 Å². The predicted molar refractivity (Wildman–Crippen MR) is 120 cm³/mol. The molecule has 2 saturated carbocycles. The first-order valence-electron chi connectivity index (χ1n) is 11.6. The SMILES string of the molecule is C#C[C@]1(OC(=O)C2=C[CH+]CN(C)C2)CC[C@H]2[C@@H]3CCc4cc(O)ccc4[C@H]3CC[C@@]21C. The molecule has 5 atom stereocenters. The van der Waals surface area contributed by atoms with E-state index in [1.807, 2.05) is 31.7 Å². The second-order valence-electron chi connectivity index (χ2n) is 10.3. The van der Waals surface area contributed by atoms with Gasteiger partial charge in [0.05, 0.1) is 13.0 Å². The zero-order valence-electron chi connectivity index (χ0n) is 18.6. The van der Waals surface area contributed by atoms with E-state index in [2.05, 4.69) is 23.8 Å². The monoisotopic (exact) mass is 418 g/mol. The Morgan fingerprint density at radius 2 is 2.16 bits per heavy atom. The van der Waals surface area contributed by atoms with Crippen LogP contribution < -0.4 is 0 Å². The summed E-state index contributed by atoms with van der Waals surface area (Å²) in [5.41, 5.74) is 2.36. The fraction of sp³-hybridized carbons (Fsp3) is 0.556. The van der Waals surface area contributed by atoms with Gasteiger partial charge in [-0.05, 0) is 86.6 Å². The maximum atomic E-state index is 13.1. The van der Waals surface area contributed by atoms with Gasteiger partial charge in [-0.3, -0.25) is 4.90 Å². The molecule has 1 aromatic carbocycles. The van der Waals surface area contributed by atoms with E-state index < -0.39 is 5.60 Å². The van der Waals surface area contributed by atoms with Gasteiger partial charge in [0.1, 0.15) is 18.4 Å². The molecule has 1 heterocycles. The first kappa shape index (κ1) is 20.5. The number of nitrogens with zero attached hydrogens (tertiary/aromatic N) is 1. The van der Waals surface area contributed by atoms with Crippen molar-refractivity contribution in [3.05, 3.63) is 47.4 Å². The summed E-state index contributed by atoms with van der Waals surface area (Å²) in [6.45, 7) is 3.72. The molecule has 162 valence electrons. The van der Waals surface area contributed by atoms with E-state index in [4.69, 9.17) is 11.2 Å². The highest BCUT2D eigenvalue weighted by Crippen LogP contribution is 2.65. The lowest BCUT2D eigenvalue weighted by atomic mass is 9.53. The summed E-state index contributed by atoms with van der Waals surface area (Å²) in [6.07, 6.45) is 15.9. The van der Waals surface area contributed by atoms with Crippen LogP contribution in [-0.2, 0) is 16.0 Å². The minimum atomic E-state index is -0.828. The first-order chi connectivity index (χ1) is 14.9. The van der Waals surface area contributed by atoms with Gasteiger partial charge < -0.3 is 9.84 Å². The van der Waals surface area contributed by atoms with Crippen molar-refractivity contribution in [1.82, 2.24) is 4.90 Å². The van der Waals surface area contributed by atoms with E-state index in [0.29, 0.717) is 35.6 Å². The van der Waals surface area contributed by atoms with Gasteiger partial charge in [0.15, 0.2) is 11.2 Å². The minimum Gasteiger partial charge on any atom is -0.508 e. The smallest absolute Gasteiger partial charge is 0.421 e. The van der Waals surface area contributed by atoms with Crippen LogP contribution in [0.5, 0.6) is 5.75 Å². The van der Waals surface area contributed by atoms with Crippen LogP contribution in [0.25, 0.3) is 0 Å². The summed E-state index contributed by atoms with van der Waals surface area (Å²) < 4.78 is 6.25. The number of rotatable bonds is 2. The number of esters is 1. The van der Waals surface area contributed by atoms with Crippen molar-refractivity contribution < 1.29 is 14.6 Å². The molecule has 3 aliphatic carbocycles. The molecule has 1 aliphatic heterocycles. The Labute approximate surface area is 185 Å². The maximum Gasteiger partial charge on any atom is 0.421 e. The topological polar surface area (TPSA) is 49.8 Å². The van der Waals surface area contributed by atoms with Crippen molar-refractivity contribution in [1.29, 1.82) is 0 Å². The van der Waals surface area contributed by atoms with E-state index in [-0.39, 0.29) is 11.4 Å². The lowest BCUT2D eigenvalue weighted by Gasteiger charge is -2.52. The molecule has 0 radical (unpaired) electrons. The average Bonchev–Trinajstić information content (AvgIpc) is 3.06. The lowest BCUT2D eigenvalue weighted by Crippen LogP contribution is -2.52. The number of hydrogen-bond acceptors (Lipinski definition) is 4. The number of fused-ring (bicyclic) bond motifs is 5. The number of carbonyl (C=O) groups is 1. The Morgan fingerprint density at radius 3 is 2.94 bits per heavy atom. The van der Waals surface area contributed by atoms with Gasteiger partial charge in [-0.2, -0.15) is 0 Å². The third-order valence-corrected chi connectivity index (χ3v) is 8.77. The molecule has 0 saturated heterocycles. The molecule has 2 fully saturated rings. The molecule has 4 nitrogen and oxygen atoms in total. The Bertz CT molecular complexity index is 975. The lowest BCUT2D eigenvalue weighted by molar-refractivity contribution is -0.164. The fourth-order valence-electron chi connectivity index (χ4n) is 7.14. The molecular weight excluding hydrogens is 386 g/mol. The van der Waals surface area contributed by atoms with Gasteiger partial charge in [0.2, 0.25) is 0 Å².